The lowest BCUT2D eigenvalue weighted by molar-refractivity contribution is -0.350. The standard InChI is InChI=1S/C20H30O11/c1-9-13(23)18(31-19-16(26)15(25)14(24)12(8-22)30-19)17(27)20(28-9)29-11-4-2-10(3-5-11)6-7-21/h2-5,9,12-27H,6-8H2,1H3/t9-,12-,13-,14-,15+,16-,17+,18+,19+,20-/m0/s1. The SMILES string of the molecule is C[C@@H]1O[C@@H](Oc2ccc(CCO)cc2)[C@H](O)[C@H](O[C@H]2O[C@@H](CO)[C@H](O)[C@@H](O)[C@@H]2O)[C@H]1O. The van der Waals surface area contributed by atoms with Crippen molar-refractivity contribution in [2.45, 2.75) is 74.8 Å². The lowest BCUT2D eigenvalue weighted by atomic mass is 9.97. The van der Waals surface area contributed by atoms with Gasteiger partial charge in [-0.1, -0.05) is 12.1 Å². The molecule has 2 saturated heterocycles. The van der Waals surface area contributed by atoms with Crippen molar-refractivity contribution >= 4 is 0 Å². The summed E-state index contributed by atoms with van der Waals surface area (Å²) in [6.45, 7) is 0.913. The Morgan fingerprint density at radius 2 is 1.48 bits per heavy atom. The molecule has 31 heavy (non-hydrogen) atoms. The van der Waals surface area contributed by atoms with Crippen LogP contribution in [0.2, 0.25) is 0 Å². The Kier molecular flexibility index (Phi) is 8.21. The van der Waals surface area contributed by atoms with Crippen LogP contribution in [-0.4, -0.2) is 110 Å². The Labute approximate surface area is 179 Å². The lowest BCUT2D eigenvalue weighted by Crippen LogP contribution is -2.64. The van der Waals surface area contributed by atoms with Gasteiger partial charge >= 0.3 is 0 Å². The van der Waals surface area contributed by atoms with Gasteiger partial charge in [-0.2, -0.15) is 0 Å². The highest BCUT2D eigenvalue weighted by Crippen LogP contribution is 2.30. The molecule has 0 aromatic heterocycles. The minimum atomic E-state index is -1.69. The van der Waals surface area contributed by atoms with Crippen LogP contribution in [-0.2, 0) is 20.6 Å². The van der Waals surface area contributed by atoms with Crippen molar-refractivity contribution in [3.63, 3.8) is 0 Å². The van der Waals surface area contributed by atoms with Gasteiger partial charge in [0.15, 0.2) is 6.29 Å². The molecule has 10 atom stereocenters. The third kappa shape index (κ3) is 5.34. The molecule has 2 heterocycles. The molecule has 1 aromatic rings. The number of aliphatic hydroxyl groups is 7. The molecule has 0 bridgehead atoms. The molecular weight excluding hydrogens is 416 g/mol. The number of hydrogen-bond donors (Lipinski definition) is 7. The van der Waals surface area contributed by atoms with Crippen molar-refractivity contribution in [3.8, 4) is 5.75 Å². The van der Waals surface area contributed by atoms with Crippen molar-refractivity contribution in [2.75, 3.05) is 13.2 Å². The largest absolute Gasteiger partial charge is 0.462 e. The number of benzene rings is 1. The van der Waals surface area contributed by atoms with E-state index in [9.17, 15) is 30.6 Å². The van der Waals surface area contributed by atoms with Crippen LogP contribution in [0.4, 0.5) is 0 Å². The quantitative estimate of drug-likeness (QED) is 0.231. The van der Waals surface area contributed by atoms with Gasteiger partial charge in [0.1, 0.15) is 48.5 Å². The Hall–Kier alpha value is -1.38. The summed E-state index contributed by atoms with van der Waals surface area (Å²) < 4.78 is 22.1. The average molecular weight is 446 g/mol. The smallest absolute Gasteiger partial charge is 0.229 e. The highest BCUT2D eigenvalue weighted by molar-refractivity contribution is 5.27. The van der Waals surface area contributed by atoms with Gasteiger partial charge < -0.3 is 54.7 Å². The van der Waals surface area contributed by atoms with E-state index < -0.39 is 68.0 Å². The van der Waals surface area contributed by atoms with Gasteiger partial charge in [-0.3, -0.25) is 0 Å². The van der Waals surface area contributed by atoms with Crippen molar-refractivity contribution in [2.24, 2.45) is 0 Å². The maximum Gasteiger partial charge on any atom is 0.229 e. The van der Waals surface area contributed by atoms with Gasteiger partial charge in [-0.15, -0.1) is 0 Å². The Morgan fingerprint density at radius 1 is 0.806 bits per heavy atom. The normalized spacial score (nSPS) is 41.2. The fraction of sp³-hybridized carbons (Fsp3) is 0.700. The summed E-state index contributed by atoms with van der Waals surface area (Å²) in [5, 5.41) is 69.5. The van der Waals surface area contributed by atoms with Crippen LogP contribution in [0.15, 0.2) is 24.3 Å². The number of hydrogen-bond acceptors (Lipinski definition) is 11. The molecule has 2 aliphatic heterocycles. The van der Waals surface area contributed by atoms with Gasteiger partial charge in [0.05, 0.1) is 12.7 Å². The predicted octanol–water partition coefficient (Wildman–Crippen LogP) is -2.75. The summed E-state index contributed by atoms with van der Waals surface area (Å²) in [6, 6.07) is 6.79. The molecule has 2 aliphatic rings. The molecule has 7 N–H and O–H groups in total. The average Bonchev–Trinajstić information content (AvgIpc) is 2.76. The first kappa shape index (κ1) is 24.3. The molecule has 11 nitrogen and oxygen atoms in total. The Morgan fingerprint density at radius 3 is 2.10 bits per heavy atom. The second-order valence-electron chi connectivity index (χ2n) is 7.72. The third-order valence-electron chi connectivity index (χ3n) is 5.50. The number of aliphatic hydroxyl groups excluding tert-OH is 7. The van der Waals surface area contributed by atoms with Crippen LogP contribution in [0, 0.1) is 0 Å². The lowest BCUT2D eigenvalue weighted by Gasteiger charge is -2.45. The summed E-state index contributed by atoms with van der Waals surface area (Å²) in [7, 11) is 0. The van der Waals surface area contributed by atoms with Crippen molar-refractivity contribution in [1.82, 2.24) is 0 Å². The van der Waals surface area contributed by atoms with Gasteiger partial charge in [0.25, 0.3) is 0 Å². The summed E-state index contributed by atoms with van der Waals surface area (Å²) in [6.07, 6.45) is -13.4. The van der Waals surface area contributed by atoms with Gasteiger partial charge in [0.2, 0.25) is 6.29 Å². The Balaban J connectivity index is 1.70. The molecule has 0 aliphatic carbocycles. The van der Waals surface area contributed by atoms with Gasteiger partial charge in [-0.25, -0.2) is 0 Å². The molecule has 1 aromatic carbocycles. The summed E-state index contributed by atoms with van der Waals surface area (Å²) in [5.41, 5.74) is 0.896. The topological polar surface area (TPSA) is 179 Å². The van der Waals surface area contributed by atoms with Gasteiger partial charge in [-0.05, 0) is 31.0 Å². The van der Waals surface area contributed by atoms with Crippen LogP contribution < -0.4 is 4.74 Å². The molecule has 176 valence electrons. The maximum atomic E-state index is 10.7. The molecular formula is C20H30O11. The van der Waals surface area contributed by atoms with Crippen LogP contribution in [0.3, 0.4) is 0 Å². The van der Waals surface area contributed by atoms with E-state index in [1.165, 1.54) is 0 Å². The van der Waals surface area contributed by atoms with Crippen LogP contribution >= 0.6 is 0 Å². The van der Waals surface area contributed by atoms with Crippen LogP contribution in [0.25, 0.3) is 0 Å². The van der Waals surface area contributed by atoms with Crippen molar-refractivity contribution in [3.05, 3.63) is 29.8 Å². The number of rotatable bonds is 7. The Bertz CT molecular complexity index is 684. The molecule has 0 saturated carbocycles. The zero-order valence-electron chi connectivity index (χ0n) is 17.0. The molecule has 0 amide bonds. The molecule has 11 heteroatoms. The molecule has 0 radical (unpaired) electrons. The summed E-state index contributed by atoms with van der Waals surface area (Å²) in [5.74, 6) is 0.376. The minimum Gasteiger partial charge on any atom is -0.462 e. The zero-order chi connectivity index (χ0) is 22.7. The fourth-order valence-electron chi connectivity index (χ4n) is 3.59. The fourth-order valence-corrected chi connectivity index (χ4v) is 3.59. The molecule has 0 spiro atoms. The minimum absolute atomic E-state index is 0.0109. The van der Waals surface area contributed by atoms with E-state index in [4.69, 9.17) is 24.1 Å². The van der Waals surface area contributed by atoms with E-state index in [1.807, 2.05) is 0 Å². The van der Waals surface area contributed by atoms with E-state index in [0.29, 0.717) is 12.2 Å². The highest BCUT2D eigenvalue weighted by Gasteiger charge is 2.50. The van der Waals surface area contributed by atoms with Crippen LogP contribution in [0.1, 0.15) is 12.5 Å². The first-order chi connectivity index (χ1) is 14.8. The predicted molar refractivity (Wildman–Crippen MR) is 103 cm³/mol. The van der Waals surface area contributed by atoms with E-state index in [-0.39, 0.29) is 6.61 Å². The van der Waals surface area contributed by atoms with Crippen LogP contribution in [0.5, 0.6) is 5.75 Å². The second-order valence-corrected chi connectivity index (χ2v) is 7.72. The number of ether oxygens (including phenoxy) is 4. The first-order valence-corrected chi connectivity index (χ1v) is 10.1. The molecule has 2 fully saturated rings. The maximum absolute atomic E-state index is 10.7. The zero-order valence-corrected chi connectivity index (χ0v) is 17.0. The molecule has 3 rings (SSSR count). The molecule has 0 unspecified atom stereocenters. The van der Waals surface area contributed by atoms with Gasteiger partial charge in [0, 0.05) is 6.61 Å². The van der Waals surface area contributed by atoms with E-state index in [1.54, 1.807) is 31.2 Å². The van der Waals surface area contributed by atoms with Crippen molar-refractivity contribution < 1.29 is 54.7 Å². The van der Waals surface area contributed by atoms with E-state index >= 15 is 0 Å². The monoisotopic (exact) mass is 446 g/mol. The summed E-state index contributed by atoms with van der Waals surface area (Å²) in [4.78, 5) is 0. The van der Waals surface area contributed by atoms with E-state index in [0.717, 1.165) is 5.56 Å². The second kappa shape index (κ2) is 10.5. The summed E-state index contributed by atoms with van der Waals surface area (Å²) >= 11 is 0. The van der Waals surface area contributed by atoms with E-state index in [2.05, 4.69) is 0 Å². The first-order valence-electron chi connectivity index (χ1n) is 10.1. The third-order valence-corrected chi connectivity index (χ3v) is 5.50. The van der Waals surface area contributed by atoms with Crippen molar-refractivity contribution in [1.29, 1.82) is 0 Å². The highest BCUT2D eigenvalue weighted by atomic mass is 16.7.